The van der Waals surface area contributed by atoms with Gasteiger partial charge in [0.1, 0.15) is 0 Å². The van der Waals surface area contributed by atoms with Crippen LogP contribution in [0, 0.1) is 0 Å². The van der Waals surface area contributed by atoms with Gasteiger partial charge in [-0.25, -0.2) is 0 Å². The number of nitrogens with zero attached hydrogens (tertiary/aromatic N) is 1. The van der Waals surface area contributed by atoms with E-state index in [1.165, 1.54) is 24.8 Å². The summed E-state index contributed by atoms with van der Waals surface area (Å²) in [6.45, 7) is 2.28. The first-order chi connectivity index (χ1) is 8.34. The smallest absolute Gasteiger partial charge is 0.0695 e. The highest BCUT2D eigenvalue weighted by molar-refractivity contribution is 5.21. The maximum absolute atomic E-state index is 9.96. The Balaban J connectivity index is 1.66. The quantitative estimate of drug-likeness (QED) is 0.845. The first-order valence-corrected chi connectivity index (χ1v) is 6.81. The van der Waals surface area contributed by atoms with Gasteiger partial charge in [0.15, 0.2) is 0 Å². The molecule has 2 fully saturated rings. The molecule has 1 N–H and O–H groups in total. The second kappa shape index (κ2) is 4.79. The van der Waals surface area contributed by atoms with Crippen LogP contribution in [0.15, 0.2) is 30.3 Å². The fraction of sp³-hybridized carbons (Fsp3) is 0.600. The fourth-order valence-corrected chi connectivity index (χ4v) is 3.43. The van der Waals surface area contributed by atoms with E-state index < -0.39 is 0 Å². The van der Waals surface area contributed by atoms with Crippen LogP contribution >= 0.6 is 0 Å². The number of likely N-dealkylation sites (tertiary alicyclic amines) is 1. The lowest BCUT2D eigenvalue weighted by atomic mass is 9.99. The standard InChI is InChI=1S/C15H21NO/c17-15-8-4-7-14(15)16-10-9-13(11-16)12-5-2-1-3-6-12/h1-3,5-6,13-15,17H,4,7-11H2. The van der Waals surface area contributed by atoms with E-state index in [1.807, 2.05) is 0 Å². The highest BCUT2D eigenvalue weighted by atomic mass is 16.3. The molecule has 3 rings (SSSR count). The van der Waals surface area contributed by atoms with Gasteiger partial charge in [0, 0.05) is 12.6 Å². The molecule has 1 aliphatic carbocycles. The zero-order valence-corrected chi connectivity index (χ0v) is 10.3. The molecule has 0 aromatic heterocycles. The molecule has 2 heteroatoms. The first-order valence-electron chi connectivity index (χ1n) is 6.81. The Kier molecular flexibility index (Phi) is 3.17. The first kappa shape index (κ1) is 11.2. The Morgan fingerprint density at radius 1 is 1.06 bits per heavy atom. The van der Waals surface area contributed by atoms with Crippen molar-refractivity contribution < 1.29 is 5.11 Å². The molecule has 1 aromatic rings. The fourth-order valence-electron chi connectivity index (χ4n) is 3.43. The number of hydrogen-bond donors (Lipinski definition) is 1. The molecule has 17 heavy (non-hydrogen) atoms. The van der Waals surface area contributed by atoms with E-state index in [1.54, 1.807) is 0 Å². The van der Waals surface area contributed by atoms with Gasteiger partial charge in [-0.05, 0) is 43.7 Å². The molecule has 1 saturated heterocycles. The molecule has 92 valence electrons. The van der Waals surface area contributed by atoms with Crippen LogP contribution in [0.3, 0.4) is 0 Å². The van der Waals surface area contributed by atoms with Gasteiger partial charge in [0.2, 0.25) is 0 Å². The van der Waals surface area contributed by atoms with E-state index in [0.29, 0.717) is 12.0 Å². The van der Waals surface area contributed by atoms with Gasteiger partial charge < -0.3 is 5.11 Å². The van der Waals surface area contributed by atoms with Crippen molar-refractivity contribution in [3.05, 3.63) is 35.9 Å². The summed E-state index contributed by atoms with van der Waals surface area (Å²) in [5.74, 6) is 0.670. The summed E-state index contributed by atoms with van der Waals surface area (Å²) in [5, 5.41) is 9.96. The van der Waals surface area contributed by atoms with E-state index in [9.17, 15) is 5.11 Å². The van der Waals surface area contributed by atoms with Crippen molar-refractivity contribution in [1.82, 2.24) is 4.90 Å². The van der Waals surface area contributed by atoms with Gasteiger partial charge >= 0.3 is 0 Å². The number of rotatable bonds is 2. The third-order valence-electron chi connectivity index (χ3n) is 4.40. The summed E-state index contributed by atoms with van der Waals surface area (Å²) in [4.78, 5) is 2.51. The molecule has 1 heterocycles. The summed E-state index contributed by atoms with van der Waals surface area (Å²) >= 11 is 0. The van der Waals surface area contributed by atoms with Crippen LogP contribution in [0.25, 0.3) is 0 Å². The maximum Gasteiger partial charge on any atom is 0.0695 e. The monoisotopic (exact) mass is 231 g/mol. The van der Waals surface area contributed by atoms with E-state index in [-0.39, 0.29) is 6.10 Å². The summed E-state index contributed by atoms with van der Waals surface area (Å²) in [6.07, 6.45) is 4.54. The average molecular weight is 231 g/mol. The zero-order chi connectivity index (χ0) is 11.7. The van der Waals surface area contributed by atoms with Crippen LogP contribution in [-0.4, -0.2) is 35.2 Å². The van der Waals surface area contributed by atoms with E-state index >= 15 is 0 Å². The second-order valence-corrected chi connectivity index (χ2v) is 5.46. The molecule has 2 nitrogen and oxygen atoms in total. The van der Waals surface area contributed by atoms with E-state index in [0.717, 1.165) is 19.5 Å². The Morgan fingerprint density at radius 2 is 1.88 bits per heavy atom. The molecule has 0 amide bonds. The minimum absolute atomic E-state index is 0.0791. The van der Waals surface area contributed by atoms with Crippen LogP contribution < -0.4 is 0 Å². The average Bonchev–Trinajstić information content (AvgIpc) is 2.98. The minimum Gasteiger partial charge on any atom is -0.391 e. The molecule has 1 aliphatic heterocycles. The molecule has 0 radical (unpaired) electrons. The molecule has 3 atom stereocenters. The van der Waals surface area contributed by atoms with Crippen LogP contribution in [-0.2, 0) is 0 Å². The van der Waals surface area contributed by atoms with Gasteiger partial charge in [0.25, 0.3) is 0 Å². The molecule has 1 aromatic carbocycles. The van der Waals surface area contributed by atoms with Crippen molar-refractivity contribution in [2.45, 2.75) is 43.7 Å². The van der Waals surface area contributed by atoms with E-state index in [2.05, 4.69) is 35.2 Å². The van der Waals surface area contributed by atoms with Crippen molar-refractivity contribution in [2.75, 3.05) is 13.1 Å². The predicted octanol–water partition coefficient (Wildman–Crippen LogP) is 2.39. The molecule has 0 bridgehead atoms. The lowest BCUT2D eigenvalue weighted by molar-refractivity contribution is 0.0845. The van der Waals surface area contributed by atoms with Gasteiger partial charge in [-0.2, -0.15) is 0 Å². The number of hydrogen-bond acceptors (Lipinski definition) is 2. The van der Waals surface area contributed by atoms with Gasteiger partial charge in [-0.15, -0.1) is 0 Å². The van der Waals surface area contributed by atoms with E-state index in [4.69, 9.17) is 0 Å². The third-order valence-corrected chi connectivity index (χ3v) is 4.40. The molecule has 1 saturated carbocycles. The molecule has 0 spiro atoms. The maximum atomic E-state index is 9.96. The van der Waals surface area contributed by atoms with Gasteiger partial charge in [-0.3, -0.25) is 4.90 Å². The molecular weight excluding hydrogens is 210 g/mol. The number of aliphatic hydroxyl groups is 1. The Bertz CT molecular complexity index is 364. The van der Waals surface area contributed by atoms with Crippen molar-refractivity contribution in [3.8, 4) is 0 Å². The summed E-state index contributed by atoms with van der Waals surface area (Å²) in [7, 11) is 0. The summed E-state index contributed by atoms with van der Waals surface area (Å²) in [6, 6.07) is 11.2. The zero-order valence-electron chi connectivity index (χ0n) is 10.3. The van der Waals surface area contributed by atoms with Crippen molar-refractivity contribution in [1.29, 1.82) is 0 Å². The van der Waals surface area contributed by atoms with Crippen LogP contribution in [0.1, 0.15) is 37.2 Å². The Labute approximate surface area is 103 Å². The minimum atomic E-state index is -0.0791. The normalized spacial score (nSPS) is 34.3. The van der Waals surface area contributed by atoms with Crippen LogP contribution in [0.4, 0.5) is 0 Å². The predicted molar refractivity (Wildman–Crippen MR) is 69.0 cm³/mol. The largest absolute Gasteiger partial charge is 0.391 e. The Morgan fingerprint density at radius 3 is 2.59 bits per heavy atom. The van der Waals surface area contributed by atoms with Crippen molar-refractivity contribution in [3.63, 3.8) is 0 Å². The van der Waals surface area contributed by atoms with Crippen molar-refractivity contribution in [2.24, 2.45) is 0 Å². The van der Waals surface area contributed by atoms with Crippen LogP contribution in [0.2, 0.25) is 0 Å². The number of aliphatic hydroxyl groups excluding tert-OH is 1. The topological polar surface area (TPSA) is 23.5 Å². The van der Waals surface area contributed by atoms with Crippen LogP contribution in [0.5, 0.6) is 0 Å². The third kappa shape index (κ3) is 2.24. The second-order valence-electron chi connectivity index (χ2n) is 5.46. The molecule has 3 unspecified atom stereocenters. The summed E-state index contributed by atoms with van der Waals surface area (Å²) < 4.78 is 0. The highest BCUT2D eigenvalue weighted by Crippen LogP contribution is 2.33. The van der Waals surface area contributed by atoms with Gasteiger partial charge in [0.05, 0.1) is 6.10 Å². The van der Waals surface area contributed by atoms with Crippen molar-refractivity contribution >= 4 is 0 Å². The summed E-state index contributed by atoms with van der Waals surface area (Å²) in [5.41, 5.74) is 1.46. The van der Waals surface area contributed by atoms with Gasteiger partial charge in [-0.1, -0.05) is 30.3 Å². The Hall–Kier alpha value is -0.860. The SMILES string of the molecule is OC1CCCC1N1CCC(c2ccccc2)C1. The number of benzene rings is 1. The molecular formula is C15H21NO. The lowest BCUT2D eigenvalue weighted by Gasteiger charge is -2.26. The lowest BCUT2D eigenvalue weighted by Crippen LogP contribution is -2.38. The molecule has 2 aliphatic rings. The highest BCUT2D eigenvalue weighted by Gasteiger charge is 2.35.